The van der Waals surface area contributed by atoms with Crippen LogP contribution < -0.4 is 23.7 Å². The summed E-state index contributed by atoms with van der Waals surface area (Å²) in [5.41, 5.74) is 4.18. The number of carbonyl (C=O) groups is 1. The predicted molar refractivity (Wildman–Crippen MR) is 126 cm³/mol. The molecule has 33 heavy (non-hydrogen) atoms. The van der Waals surface area contributed by atoms with Gasteiger partial charge in [0.1, 0.15) is 23.9 Å². The number of carbonyl (C=O) groups excluding carboxylic acids is 1. The maximum absolute atomic E-state index is 13.0. The standard InChI is InChI=1S/C27H26O6/c1-16-6-8-18(9-7-16)15-32-21-11-10-20-26(28)25(33-27(20)17(21)2)13-19-12-23(30-4)24(31-5)14-22(19)29-3/h6-14H,15H2,1-5H3/b25-13-. The van der Waals surface area contributed by atoms with Gasteiger partial charge >= 0.3 is 0 Å². The largest absolute Gasteiger partial charge is 0.496 e. The molecule has 4 rings (SSSR count). The second-order valence-electron chi connectivity index (χ2n) is 7.73. The molecule has 0 aromatic heterocycles. The summed E-state index contributed by atoms with van der Waals surface area (Å²) in [4.78, 5) is 13.0. The number of Topliss-reactive ketones (excluding diaryl/α,β-unsaturated/α-hetero) is 1. The molecule has 0 radical (unpaired) electrons. The second kappa shape index (κ2) is 9.28. The van der Waals surface area contributed by atoms with Gasteiger partial charge in [-0.3, -0.25) is 4.79 Å². The van der Waals surface area contributed by atoms with E-state index >= 15 is 0 Å². The van der Waals surface area contributed by atoms with Crippen molar-refractivity contribution in [2.24, 2.45) is 0 Å². The van der Waals surface area contributed by atoms with Gasteiger partial charge in [0, 0.05) is 17.2 Å². The predicted octanol–water partition coefficient (Wildman–Crippen LogP) is 5.52. The average Bonchev–Trinajstić information content (AvgIpc) is 3.15. The zero-order chi connectivity index (χ0) is 23.5. The molecule has 0 bridgehead atoms. The highest BCUT2D eigenvalue weighted by Crippen LogP contribution is 2.41. The van der Waals surface area contributed by atoms with Crippen LogP contribution in [0.3, 0.4) is 0 Å². The van der Waals surface area contributed by atoms with E-state index < -0.39 is 0 Å². The van der Waals surface area contributed by atoms with Gasteiger partial charge in [0.15, 0.2) is 17.3 Å². The molecule has 0 amide bonds. The lowest BCUT2D eigenvalue weighted by atomic mass is 10.1. The zero-order valence-corrected chi connectivity index (χ0v) is 19.4. The smallest absolute Gasteiger partial charge is 0.231 e. The van der Waals surface area contributed by atoms with E-state index in [1.807, 2.05) is 32.0 Å². The molecule has 0 aliphatic carbocycles. The Bertz CT molecular complexity index is 1220. The molecule has 1 aliphatic rings. The Hall–Kier alpha value is -3.93. The first kappa shape index (κ1) is 22.3. The minimum absolute atomic E-state index is 0.199. The van der Waals surface area contributed by atoms with Gasteiger partial charge in [0.2, 0.25) is 5.78 Å². The van der Waals surface area contributed by atoms with E-state index in [0.29, 0.717) is 46.5 Å². The molecule has 0 N–H and O–H groups in total. The van der Waals surface area contributed by atoms with E-state index in [1.54, 1.807) is 45.6 Å². The number of fused-ring (bicyclic) bond motifs is 1. The van der Waals surface area contributed by atoms with Crippen LogP contribution in [0.1, 0.15) is 32.6 Å². The Labute approximate surface area is 193 Å². The number of ketones is 1. The summed E-state index contributed by atoms with van der Waals surface area (Å²) < 4.78 is 28.2. The Balaban J connectivity index is 1.61. The molecule has 1 heterocycles. The highest BCUT2D eigenvalue weighted by molar-refractivity contribution is 6.15. The van der Waals surface area contributed by atoms with Crippen molar-refractivity contribution >= 4 is 11.9 Å². The Morgan fingerprint density at radius 1 is 0.818 bits per heavy atom. The third kappa shape index (κ3) is 4.37. The van der Waals surface area contributed by atoms with E-state index in [2.05, 4.69) is 12.1 Å². The second-order valence-corrected chi connectivity index (χ2v) is 7.73. The fraction of sp³-hybridized carbons (Fsp3) is 0.222. The summed E-state index contributed by atoms with van der Waals surface area (Å²) in [7, 11) is 4.66. The fourth-order valence-electron chi connectivity index (χ4n) is 3.68. The molecule has 3 aromatic carbocycles. The van der Waals surface area contributed by atoms with Crippen molar-refractivity contribution in [1.82, 2.24) is 0 Å². The number of ether oxygens (including phenoxy) is 5. The van der Waals surface area contributed by atoms with Gasteiger partial charge in [-0.2, -0.15) is 0 Å². The van der Waals surface area contributed by atoms with Gasteiger partial charge in [-0.15, -0.1) is 0 Å². The number of methoxy groups -OCH3 is 3. The lowest BCUT2D eigenvalue weighted by Crippen LogP contribution is -2.00. The van der Waals surface area contributed by atoms with Gasteiger partial charge in [0.25, 0.3) is 0 Å². The van der Waals surface area contributed by atoms with Crippen LogP contribution >= 0.6 is 0 Å². The Morgan fingerprint density at radius 2 is 1.48 bits per heavy atom. The molecule has 6 heteroatoms. The van der Waals surface area contributed by atoms with Gasteiger partial charge < -0.3 is 23.7 Å². The minimum atomic E-state index is -0.199. The molecule has 3 aromatic rings. The molecule has 0 saturated heterocycles. The number of aryl methyl sites for hydroxylation is 1. The molecule has 6 nitrogen and oxygen atoms in total. The quantitative estimate of drug-likeness (QED) is 0.445. The van der Waals surface area contributed by atoms with Crippen LogP contribution in [0, 0.1) is 13.8 Å². The molecule has 170 valence electrons. The fourth-order valence-corrected chi connectivity index (χ4v) is 3.68. The summed E-state index contributed by atoms with van der Waals surface area (Å²) in [5.74, 6) is 2.77. The monoisotopic (exact) mass is 446 g/mol. The Morgan fingerprint density at radius 3 is 2.15 bits per heavy atom. The van der Waals surface area contributed by atoms with Gasteiger partial charge in [-0.25, -0.2) is 0 Å². The van der Waals surface area contributed by atoms with Crippen molar-refractivity contribution in [1.29, 1.82) is 0 Å². The third-order valence-corrected chi connectivity index (χ3v) is 5.57. The summed E-state index contributed by atoms with van der Waals surface area (Å²) in [6, 6.07) is 15.2. The lowest BCUT2D eigenvalue weighted by molar-refractivity contribution is 0.101. The molecule has 0 unspecified atom stereocenters. The normalized spacial score (nSPS) is 13.5. The molecule has 0 saturated carbocycles. The first-order chi connectivity index (χ1) is 15.9. The topological polar surface area (TPSA) is 63.2 Å². The number of rotatable bonds is 7. The van der Waals surface area contributed by atoms with Crippen molar-refractivity contribution in [3.8, 4) is 28.7 Å². The van der Waals surface area contributed by atoms with Crippen molar-refractivity contribution in [2.75, 3.05) is 21.3 Å². The van der Waals surface area contributed by atoms with E-state index in [9.17, 15) is 4.79 Å². The van der Waals surface area contributed by atoms with Crippen LogP contribution in [0.25, 0.3) is 6.08 Å². The van der Waals surface area contributed by atoms with Crippen LogP contribution in [0.5, 0.6) is 28.7 Å². The summed E-state index contributed by atoms with van der Waals surface area (Å²) in [5, 5.41) is 0. The molecular weight excluding hydrogens is 420 g/mol. The molecule has 0 fully saturated rings. The summed E-state index contributed by atoms with van der Waals surface area (Å²) in [6.07, 6.45) is 1.65. The average molecular weight is 446 g/mol. The van der Waals surface area contributed by atoms with Crippen LogP contribution in [-0.4, -0.2) is 27.1 Å². The van der Waals surface area contributed by atoms with E-state index in [1.165, 1.54) is 5.56 Å². The van der Waals surface area contributed by atoms with Gasteiger partial charge in [-0.1, -0.05) is 29.8 Å². The zero-order valence-electron chi connectivity index (χ0n) is 19.4. The number of benzene rings is 3. The molecular formula is C27H26O6. The maximum Gasteiger partial charge on any atom is 0.231 e. The van der Waals surface area contributed by atoms with Crippen LogP contribution in [-0.2, 0) is 6.61 Å². The summed E-state index contributed by atoms with van der Waals surface area (Å²) >= 11 is 0. The highest BCUT2D eigenvalue weighted by atomic mass is 16.5. The van der Waals surface area contributed by atoms with Crippen molar-refractivity contribution < 1.29 is 28.5 Å². The third-order valence-electron chi connectivity index (χ3n) is 5.57. The molecule has 0 spiro atoms. The lowest BCUT2D eigenvalue weighted by Gasteiger charge is -2.13. The van der Waals surface area contributed by atoms with Gasteiger partial charge in [-0.05, 0) is 43.7 Å². The molecule has 0 atom stereocenters. The van der Waals surface area contributed by atoms with Gasteiger partial charge in [0.05, 0.1) is 26.9 Å². The van der Waals surface area contributed by atoms with E-state index in [-0.39, 0.29) is 11.5 Å². The summed E-state index contributed by atoms with van der Waals surface area (Å²) in [6.45, 7) is 4.36. The van der Waals surface area contributed by atoms with Crippen LogP contribution in [0.4, 0.5) is 0 Å². The van der Waals surface area contributed by atoms with Crippen LogP contribution in [0.15, 0.2) is 54.3 Å². The number of hydrogen-bond acceptors (Lipinski definition) is 6. The number of hydrogen-bond donors (Lipinski definition) is 0. The SMILES string of the molecule is COc1cc(OC)c(OC)cc1/C=C1\Oc2c(ccc(OCc3ccc(C)cc3)c2C)C1=O. The minimum Gasteiger partial charge on any atom is -0.496 e. The maximum atomic E-state index is 13.0. The van der Waals surface area contributed by atoms with E-state index in [4.69, 9.17) is 23.7 Å². The number of allylic oxidation sites excluding steroid dienone is 1. The first-order valence-corrected chi connectivity index (χ1v) is 10.5. The Kier molecular flexibility index (Phi) is 6.27. The van der Waals surface area contributed by atoms with E-state index in [0.717, 1.165) is 11.1 Å². The van der Waals surface area contributed by atoms with Crippen molar-refractivity contribution in [2.45, 2.75) is 20.5 Å². The highest BCUT2D eigenvalue weighted by Gasteiger charge is 2.30. The van der Waals surface area contributed by atoms with Crippen LogP contribution in [0.2, 0.25) is 0 Å². The van der Waals surface area contributed by atoms with Crippen molar-refractivity contribution in [3.63, 3.8) is 0 Å². The van der Waals surface area contributed by atoms with Crippen molar-refractivity contribution in [3.05, 3.63) is 82.1 Å². The molecule has 1 aliphatic heterocycles. The first-order valence-electron chi connectivity index (χ1n) is 10.5.